The van der Waals surface area contributed by atoms with Crippen molar-refractivity contribution in [3.05, 3.63) is 65.5 Å². The zero-order chi connectivity index (χ0) is 14.5. The maximum atomic E-state index is 6.38. The van der Waals surface area contributed by atoms with Crippen LogP contribution in [0.2, 0.25) is 0 Å². The minimum atomic E-state index is 0.00399. The van der Waals surface area contributed by atoms with Crippen molar-refractivity contribution >= 4 is 0 Å². The summed E-state index contributed by atoms with van der Waals surface area (Å²) in [4.78, 5) is 6.61. The second-order valence-electron chi connectivity index (χ2n) is 5.41. The normalized spacial score (nSPS) is 14.2. The van der Waals surface area contributed by atoms with Crippen LogP contribution in [-0.4, -0.2) is 23.0 Å². The Bertz CT molecular complexity index is 522. The van der Waals surface area contributed by atoms with Gasteiger partial charge in [0, 0.05) is 24.8 Å². The summed E-state index contributed by atoms with van der Waals surface area (Å²) in [6, 6.07) is 14.7. The second-order valence-corrected chi connectivity index (χ2v) is 5.41. The number of nitrogens with zero attached hydrogens (tertiary/aromatic N) is 2. The number of benzene rings is 1. The molecule has 0 amide bonds. The first kappa shape index (κ1) is 14.7. The van der Waals surface area contributed by atoms with E-state index in [0.717, 1.165) is 12.2 Å². The predicted octanol–water partition coefficient (Wildman–Crippen LogP) is 2.91. The molecule has 0 bridgehead atoms. The van der Waals surface area contributed by atoms with Crippen LogP contribution in [0.4, 0.5) is 0 Å². The van der Waals surface area contributed by atoms with E-state index < -0.39 is 0 Å². The number of likely N-dealkylation sites (N-methyl/N-ethyl adjacent to an activating group) is 1. The molecule has 0 aliphatic carbocycles. The van der Waals surface area contributed by atoms with E-state index >= 15 is 0 Å². The average Bonchev–Trinajstić information content (AvgIpc) is 2.47. The van der Waals surface area contributed by atoms with Crippen LogP contribution in [0.25, 0.3) is 0 Å². The minimum Gasteiger partial charge on any atom is -0.323 e. The molecule has 2 rings (SSSR count). The van der Waals surface area contributed by atoms with E-state index in [1.165, 1.54) is 11.1 Å². The van der Waals surface area contributed by atoms with Crippen molar-refractivity contribution in [2.45, 2.75) is 32.5 Å². The van der Waals surface area contributed by atoms with E-state index in [1.807, 2.05) is 24.4 Å². The molecule has 0 aliphatic rings. The molecule has 106 valence electrons. The Morgan fingerprint density at radius 3 is 2.45 bits per heavy atom. The van der Waals surface area contributed by atoms with Gasteiger partial charge in [0.1, 0.15) is 0 Å². The highest BCUT2D eigenvalue weighted by atomic mass is 15.1. The molecule has 0 saturated carbocycles. The van der Waals surface area contributed by atoms with E-state index in [4.69, 9.17) is 5.73 Å². The Labute approximate surface area is 121 Å². The Hall–Kier alpha value is -1.71. The average molecular weight is 269 g/mol. The number of aryl methyl sites for hydroxylation is 1. The van der Waals surface area contributed by atoms with Crippen molar-refractivity contribution in [3.8, 4) is 0 Å². The summed E-state index contributed by atoms with van der Waals surface area (Å²) < 4.78 is 0. The van der Waals surface area contributed by atoms with Crippen LogP contribution in [0.5, 0.6) is 0 Å². The summed E-state index contributed by atoms with van der Waals surface area (Å²) in [5, 5.41) is 0. The van der Waals surface area contributed by atoms with Crippen molar-refractivity contribution < 1.29 is 0 Å². The molecule has 3 nitrogen and oxygen atoms in total. The second kappa shape index (κ2) is 6.64. The third-order valence-electron chi connectivity index (χ3n) is 3.81. The van der Waals surface area contributed by atoms with E-state index in [0.29, 0.717) is 0 Å². The summed E-state index contributed by atoms with van der Waals surface area (Å²) >= 11 is 0. The monoisotopic (exact) mass is 269 g/mol. The van der Waals surface area contributed by atoms with Crippen LogP contribution in [0.15, 0.2) is 48.7 Å². The molecule has 2 atom stereocenters. The molecule has 2 aromatic rings. The zero-order valence-corrected chi connectivity index (χ0v) is 12.5. The van der Waals surface area contributed by atoms with Gasteiger partial charge in [-0.05, 0) is 38.6 Å². The van der Waals surface area contributed by atoms with Crippen LogP contribution in [0.1, 0.15) is 29.8 Å². The van der Waals surface area contributed by atoms with E-state index in [1.54, 1.807) is 0 Å². The molecule has 1 heterocycles. The first-order valence-corrected chi connectivity index (χ1v) is 7.00. The third kappa shape index (κ3) is 3.65. The SMILES string of the molecule is Cc1ccc(C(N)C(C)N(C)Cc2ccccn2)cc1. The molecule has 0 spiro atoms. The lowest BCUT2D eigenvalue weighted by Crippen LogP contribution is -2.38. The molecular formula is C17H23N3. The lowest BCUT2D eigenvalue weighted by atomic mass is 9.99. The molecule has 0 radical (unpaired) electrons. The smallest absolute Gasteiger partial charge is 0.0543 e. The highest BCUT2D eigenvalue weighted by Crippen LogP contribution is 2.19. The maximum absolute atomic E-state index is 6.38. The van der Waals surface area contributed by atoms with Gasteiger partial charge in [-0.25, -0.2) is 0 Å². The lowest BCUT2D eigenvalue weighted by molar-refractivity contribution is 0.217. The maximum Gasteiger partial charge on any atom is 0.0543 e. The molecule has 2 unspecified atom stereocenters. The molecule has 2 N–H and O–H groups in total. The Morgan fingerprint density at radius 2 is 1.85 bits per heavy atom. The number of aromatic nitrogens is 1. The van der Waals surface area contributed by atoms with Gasteiger partial charge in [0.2, 0.25) is 0 Å². The van der Waals surface area contributed by atoms with Crippen molar-refractivity contribution in [1.29, 1.82) is 0 Å². The van der Waals surface area contributed by atoms with Crippen LogP contribution in [-0.2, 0) is 6.54 Å². The van der Waals surface area contributed by atoms with Crippen molar-refractivity contribution in [2.75, 3.05) is 7.05 Å². The van der Waals surface area contributed by atoms with E-state index in [-0.39, 0.29) is 12.1 Å². The number of hydrogen-bond donors (Lipinski definition) is 1. The molecule has 1 aromatic heterocycles. The Morgan fingerprint density at radius 1 is 1.15 bits per heavy atom. The van der Waals surface area contributed by atoms with Gasteiger partial charge in [-0.2, -0.15) is 0 Å². The summed E-state index contributed by atoms with van der Waals surface area (Å²) in [6.45, 7) is 5.06. The fourth-order valence-electron chi connectivity index (χ4n) is 2.23. The quantitative estimate of drug-likeness (QED) is 0.907. The van der Waals surface area contributed by atoms with E-state index in [9.17, 15) is 0 Å². The van der Waals surface area contributed by atoms with Crippen LogP contribution in [0.3, 0.4) is 0 Å². The minimum absolute atomic E-state index is 0.00399. The largest absolute Gasteiger partial charge is 0.323 e. The van der Waals surface area contributed by atoms with Crippen molar-refractivity contribution in [3.63, 3.8) is 0 Å². The van der Waals surface area contributed by atoms with Crippen LogP contribution in [0, 0.1) is 6.92 Å². The highest BCUT2D eigenvalue weighted by Gasteiger charge is 2.19. The fourth-order valence-corrected chi connectivity index (χ4v) is 2.23. The summed E-state index contributed by atoms with van der Waals surface area (Å²) in [5.74, 6) is 0. The first-order chi connectivity index (χ1) is 9.58. The number of rotatable bonds is 5. The first-order valence-electron chi connectivity index (χ1n) is 7.00. The molecule has 0 fully saturated rings. The zero-order valence-electron chi connectivity index (χ0n) is 12.5. The number of hydrogen-bond acceptors (Lipinski definition) is 3. The van der Waals surface area contributed by atoms with E-state index in [2.05, 4.69) is 55.0 Å². The van der Waals surface area contributed by atoms with Gasteiger partial charge in [0.25, 0.3) is 0 Å². The van der Waals surface area contributed by atoms with Crippen LogP contribution >= 0.6 is 0 Å². The number of nitrogens with two attached hydrogens (primary N) is 1. The van der Waals surface area contributed by atoms with Gasteiger partial charge in [-0.3, -0.25) is 9.88 Å². The van der Waals surface area contributed by atoms with Gasteiger partial charge in [0.05, 0.1) is 5.69 Å². The molecule has 0 saturated heterocycles. The molecule has 20 heavy (non-hydrogen) atoms. The van der Waals surface area contributed by atoms with Crippen molar-refractivity contribution in [2.24, 2.45) is 5.73 Å². The van der Waals surface area contributed by atoms with Gasteiger partial charge >= 0.3 is 0 Å². The van der Waals surface area contributed by atoms with Gasteiger partial charge in [-0.1, -0.05) is 35.9 Å². The molecule has 0 aliphatic heterocycles. The molecule has 3 heteroatoms. The standard InChI is InChI=1S/C17H23N3/c1-13-7-9-15(10-8-13)17(18)14(2)20(3)12-16-6-4-5-11-19-16/h4-11,14,17H,12,18H2,1-3H3. The summed E-state index contributed by atoms with van der Waals surface area (Å²) in [6.07, 6.45) is 1.83. The predicted molar refractivity (Wildman–Crippen MR) is 83.3 cm³/mol. The third-order valence-corrected chi connectivity index (χ3v) is 3.81. The topological polar surface area (TPSA) is 42.1 Å². The lowest BCUT2D eigenvalue weighted by Gasteiger charge is -2.29. The molecular weight excluding hydrogens is 246 g/mol. The van der Waals surface area contributed by atoms with Crippen LogP contribution < -0.4 is 5.73 Å². The molecule has 1 aromatic carbocycles. The Balaban J connectivity index is 2.02. The number of pyridine rings is 1. The highest BCUT2D eigenvalue weighted by molar-refractivity contribution is 5.24. The van der Waals surface area contributed by atoms with Gasteiger partial charge < -0.3 is 5.73 Å². The van der Waals surface area contributed by atoms with Crippen molar-refractivity contribution in [1.82, 2.24) is 9.88 Å². The summed E-state index contributed by atoms with van der Waals surface area (Å²) in [7, 11) is 2.09. The fraction of sp³-hybridized carbons (Fsp3) is 0.353. The van der Waals surface area contributed by atoms with Gasteiger partial charge in [0.15, 0.2) is 0 Å². The van der Waals surface area contributed by atoms with Gasteiger partial charge in [-0.15, -0.1) is 0 Å². The summed E-state index contributed by atoms with van der Waals surface area (Å²) in [5.41, 5.74) is 9.89. The Kier molecular flexibility index (Phi) is 4.88.